The average molecular weight is 415 g/mol. The number of rotatable bonds is 4. The van der Waals surface area contributed by atoms with Gasteiger partial charge in [-0.3, -0.25) is 4.79 Å². The van der Waals surface area contributed by atoms with E-state index in [2.05, 4.69) is 0 Å². The third-order valence-corrected chi connectivity index (χ3v) is 6.65. The molecule has 1 aliphatic rings. The summed E-state index contributed by atoms with van der Waals surface area (Å²) < 4.78 is 31.9. The predicted molar refractivity (Wildman–Crippen MR) is 99.5 cm³/mol. The van der Waals surface area contributed by atoms with E-state index in [0.717, 1.165) is 0 Å². The summed E-state index contributed by atoms with van der Waals surface area (Å²) in [6, 6.07) is 7.69. The molecule has 1 saturated heterocycles. The molecule has 0 N–H and O–H groups in total. The summed E-state index contributed by atoms with van der Waals surface area (Å²) in [5, 5.41) is 0.481. The Morgan fingerprint density at radius 3 is 2.42 bits per heavy atom. The molecule has 6 nitrogen and oxygen atoms in total. The van der Waals surface area contributed by atoms with Gasteiger partial charge in [0.25, 0.3) is 0 Å². The van der Waals surface area contributed by atoms with Gasteiger partial charge in [0.15, 0.2) is 0 Å². The molecule has 1 amide bonds. The normalized spacial score (nSPS) is 16.3. The van der Waals surface area contributed by atoms with Gasteiger partial charge in [0.2, 0.25) is 15.9 Å². The Morgan fingerprint density at radius 2 is 1.81 bits per heavy atom. The van der Waals surface area contributed by atoms with Crippen molar-refractivity contribution >= 4 is 45.2 Å². The predicted octanol–water partition coefficient (Wildman–Crippen LogP) is 3.13. The van der Waals surface area contributed by atoms with Gasteiger partial charge in [0, 0.05) is 32.3 Å². The van der Waals surface area contributed by atoms with E-state index in [9.17, 15) is 13.2 Å². The molecule has 2 heterocycles. The quantitative estimate of drug-likeness (QED) is 0.720. The van der Waals surface area contributed by atoms with Gasteiger partial charge in [-0.15, -0.1) is 0 Å². The van der Waals surface area contributed by atoms with E-state index in [-0.39, 0.29) is 28.9 Å². The minimum absolute atomic E-state index is 0.0874. The highest BCUT2D eigenvalue weighted by atomic mass is 35.5. The molecule has 0 aliphatic carbocycles. The lowest BCUT2D eigenvalue weighted by molar-refractivity contribution is -0.127. The van der Waals surface area contributed by atoms with Crippen LogP contribution in [0.4, 0.5) is 0 Å². The first-order valence-electron chi connectivity index (χ1n) is 7.83. The number of piperazine rings is 1. The summed E-state index contributed by atoms with van der Waals surface area (Å²) in [7, 11) is -3.68. The fourth-order valence-electron chi connectivity index (χ4n) is 2.58. The van der Waals surface area contributed by atoms with Crippen molar-refractivity contribution in [2.75, 3.05) is 26.2 Å². The standard InChI is InChI=1S/C17H16Cl2N2O4S/c18-15-5-4-14(12-16(15)19)26(23,24)21-9-7-20(8-10-21)17(22)6-3-13-2-1-11-25-13/h1-6,11-12H,7-10H2/b6-3+. The van der Waals surface area contributed by atoms with Crippen LogP contribution in [0.3, 0.4) is 0 Å². The van der Waals surface area contributed by atoms with Gasteiger partial charge in [-0.2, -0.15) is 4.31 Å². The summed E-state index contributed by atoms with van der Waals surface area (Å²) in [4.78, 5) is 13.9. The number of nitrogens with zero attached hydrogens (tertiary/aromatic N) is 2. The van der Waals surface area contributed by atoms with Gasteiger partial charge < -0.3 is 9.32 Å². The van der Waals surface area contributed by atoms with Crippen molar-refractivity contribution in [2.24, 2.45) is 0 Å². The summed E-state index contributed by atoms with van der Waals surface area (Å²) >= 11 is 11.8. The molecule has 0 bridgehead atoms. The zero-order valence-corrected chi connectivity index (χ0v) is 16.0. The van der Waals surface area contributed by atoms with Crippen LogP contribution >= 0.6 is 23.2 Å². The van der Waals surface area contributed by atoms with Gasteiger partial charge >= 0.3 is 0 Å². The summed E-state index contributed by atoms with van der Waals surface area (Å²) in [5.74, 6) is 0.396. The minimum atomic E-state index is -3.68. The maximum atomic E-state index is 12.7. The molecule has 26 heavy (non-hydrogen) atoms. The smallest absolute Gasteiger partial charge is 0.246 e. The maximum Gasteiger partial charge on any atom is 0.246 e. The van der Waals surface area contributed by atoms with Crippen LogP contribution in [0, 0.1) is 0 Å². The first-order chi connectivity index (χ1) is 12.4. The van der Waals surface area contributed by atoms with E-state index >= 15 is 0 Å². The van der Waals surface area contributed by atoms with Crippen LogP contribution in [-0.2, 0) is 14.8 Å². The van der Waals surface area contributed by atoms with E-state index in [1.165, 1.54) is 34.8 Å². The number of carbonyl (C=O) groups is 1. The molecule has 138 valence electrons. The van der Waals surface area contributed by atoms with Gasteiger partial charge in [0.05, 0.1) is 21.2 Å². The topological polar surface area (TPSA) is 70.8 Å². The fourth-order valence-corrected chi connectivity index (χ4v) is 4.39. The van der Waals surface area contributed by atoms with Gasteiger partial charge in [-0.25, -0.2) is 8.42 Å². The van der Waals surface area contributed by atoms with Crippen molar-refractivity contribution in [1.82, 2.24) is 9.21 Å². The van der Waals surface area contributed by atoms with E-state index in [1.54, 1.807) is 23.1 Å². The first kappa shape index (κ1) is 19.0. The van der Waals surface area contributed by atoms with Crippen LogP contribution in [0.25, 0.3) is 6.08 Å². The molecule has 1 aliphatic heterocycles. The Bertz CT molecular complexity index is 918. The average Bonchev–Trinajstić information content (AvgIpc) is 3.15. The lowest BCUT2D eigenvalue weighted by atomic mass is 10.3. The number of benzene rings is 1. The first-order valence-corrected chi connectivity index (χ1v) is 10.0. The molecule has 1 aromatic carbocycles. The highest BCUT2D eigenvalue weighted by molar-refractivity contribution is 7.89. The molecular formula is C17H16Cl2N2O4S. The van der Waals surface area contributed by atoms with E-state index in [4.69, 9.17) is 27.6 Å². The molecule has 1 fully saturated rings. The zero-order chi connectivity index (χ0) is 18.7. The Labute approximate surface area is 161 Å². The van der Waals surface area contributed by atoms with Gasteiger partial charge in [0.1, 0.15) is 5.76 Å². The van der Waals surface area contributed by atoms with Crippen molar-refractivity contribution in [3.05, 3.63) is 58.5 Å². The number of carbonyl (C=O) groups excluding carboxylic acids is 1. The zero-order valence-electron chi connectivity index (χ0n) is 13.6. The third kappa shape index (κ3) is 4.12. The molecule has 2 aromatic rings. The molecule has 9 heteroatoms. The Hall–Kier alpha value is -1.80. The second-order valence-electron chi connectivity index (χ2n) is 5.65. The highest BCUT2D eigenvalue weighted by Crippen LogP contribution is 2.27. The molecule has 3 rings (SSSR count). The Morgan fingerprint density at radius 1 is 1.08 bits per heavy atom. The monoisotopic (exact) mass is 414 g/mol. The Balaban J connectivity index is 1.64. The second-order valence-corrected chi connectivity index (χ2v) is 8.41. The van der Waals surface area contributed by atoms with Crippen LogP contribution in [0.2, 0.25) is 10.0 Å². The maximum absolute atomic E-state index is 12.7. The lowest BCUT2D eigenvalue weighted by Crippen LogP contribution is -2.50. The number of furan rings is 1. The number of hydrogen-bond acceptors (Lipinski definition) is 4. The number of halogens is 2. The number of hydrogen-bond donors (Lipinski definition) is 0. The van der Waals surface area contributed by atoms with E-state index < -0.39 is 10.0 Å². The molecule has 1 aromatic heterocycles. The van der Waals surface area contributed by atoms with Crippen molar-refractivity contribution < 1.29 is 17.6 Å². The van der Waals surface area contributed by atoms with Crippen molar-refractivity contribution in [3.63, 3.8) is 0 Å². The third-order valence-electron chi connectivity index (χ3n) is 4.01. The molecule has 0 atom stereocenters. The molecule has 0 saturated carbocycles. The number of sulfonamides is 1. The van der Waals surface area contributed by atoms with Crippen LogP contribution in [0.1, 0.15) is 5.76 Å². The second kappa shape index (κ2) is 7.84. The van der Waals surface area contributed by atoms with E-state index in [0.29, 0.717) is 23.9 Å². The van der Waals surface area contributed by atoms with Crippen molar-refractivity contribution in [3.8, 4) is 0 Å². The Kier molecular flexibility index (Phi) is 5.72. The molecule has 0 spiro atoms. The van der Waals surface area contributed by atoms with Crippen molar-refractivity contribution in [1.29, 1.82) is 0 Å². The van der Waals surface area contributed by atoms with Gasteiger partial charge in [-0.1, -0.05) is 23.2 Å². The fraction of sp³-hybridized carbons (Fsp3) is 0.235. The van der Waals surface area contributed by atoms with Crippen LogP contribution in [0.15, 0.2) is 52.0 Å². The number of amides is 1. The molecular weight excluding hydrogens is 399 g/mol. The summed E-state index contributed by atoms with van der Waals surface area (Å²) in [6.45, 7) is 1.04. The minimum Gasteiger partial charge on any atom is -0.465 e. The van der Waals surface area contributed by atoms with Gasteiger partial charge in [-0.05, 0) is 36.4 Å². The van der Waals surface area contributed by atoms with Crippen molar-refractivity contribution in [2.45, 2.75) is 4.90 Å². The van der Waals surface area contributed by atoms with Crippen LogP contribution < -0.4 is 0 Å². The summed E-state index contributed by atoms with van der Waals surface area (Å²) in [5.41, 5.74) is 0. The highest BCUT2D eigenvalue weighted by Gasteiger charge is 2.29. The SMILES string of the molecule is O=C(/C=C/c1ccco1)N1CCN(S(=O)(=O)c2ccc(Cl)c(Cl)c2)CC1. The molecule has 0 radical (unpaired) electrons. The largest absolute Gasteiger partial charge is 0.465 e. The van der Waals surface area contributed by atoms with E-state index in [1.807, 2.05) is 0 Å². The summed E-state index contributed by atoms with van der Waals surface area (Å²) in [6.07, 6.45) is 4.53. The lowest BCUT2D eigenvalue weighted by Gasteiger charge is -2.33. The van der Waals surface area contributed by atoms with Crippen LogP contribution in [-0.4, -0.2) is 49.7 Å². The van der Waals surface area contributed by atoms with Crippen LogP contribution in [0.5, 0.6) is 0 Å². The molecule has 0 unspecified atom stereocenters.